The topological polar surface area (TPSA) is 69.6 Å². The third-order valence-corrected chi connectivity index (χ3v) is 13.5. The molecular weight excluding hydrogens is 855 g/mol. The van der Waals surface area contributed by atoms with Crippen molar-refractivity contribution in [2.75, 3.05) is 6.61 Å². The van der Waals surface area contributed by atoms with Crippen LogP contribution in [0.5, 0.6) is 0 Å². The third kappa shape index (κ3) is 56.2. The minimum absolute atomic E-state index is 0.0766. The van der Waals surface area contributed by atoms with Gasteiger partial charge in [0.25, 0.3) is 0 Å². The van der Waals surface area contributed by atoms with Crippen molar-refractivity contribution in [3.63, 3.8) is 0 Å². The summed E-state index contributed by atoms with van der Waals surface area (Å²) in [5.74, 6) is -0.0766. The number of aliphatic hydroxyl groups excluding tert-OH is 2. The molecule has 2 atom stereocenters. The highest BCUT2D eigenvalue weighted by molar-refractivity contribution is 5.76. The number of hydrogen-bond donors (Lipinski definition) is 3. The summed E-state index contributed by atoms with van der Waals surface area (Å²) in [7, 11) is 0. The zero-order valence-corrected chi connectivity index (χ0v) is 46.5. The van der Waals surface area contributed by atoms with Gasteiger partial charge >= 0.3 is 0 Å². The highest BCUT2D eigenvalue weighted by atomic mass is 16.3. The maximum absolute atomic E-state index is 12.5. The van der Waals surface area contributed by atoms with Gasteiger partial charge in [-0.3, -0.25) is 4.79 Å². The molecule has 0 spiro atoms. The van der Waals surface area contributed by atoms with Crippen molar-refractivity contribution in [1.29, 1.82) is 0 Å². The predicted octanol–water partition coefficient (Wildman–Crippen LogP) is 20.5. The molecule has 0 saturated carbocycles. The molecule has 4 nitrogen and oxygen atoms in total. The van der Waals surface area contributed by atoms with Gasteiger partial charge in [-0.25, -0.2) is 0 Å². The van der Waals surface area contributed by atoms with Crippen LogP contribution in [0, 0.1) is 0 Å². The number of amides is 1. The number of rotatable bonds is 55. The summed E-state index contributed by atoms with van der Waals surface area (Å²) in [6, 6.07) is -0.650. The molecule has 0 saturated heterocycles. The summed E-state index contributed by atoms with van der Waals surface area (Å²) in [6.07, 6.45) is 90.2. The fraction of sp³-hybridized carbons (Fsp3) is 0.742. The molecule has 0 aromatic carbocycles. The lowest BCUT2D eigenvalue weighted by Gasteiger charge is -2.19. The summed E-state index contributed by atoms with van der Waals surface area (Å²) in [5.41, 5.74) is 0. The van der Waals surface area contributed by atoms with E-state index in [1.165, 1.54) is 205 Å². The molecule has 0 aliphatic heterocycles. The van der Waals surface area contributed by atoms with E-state index >= 15 is 0 Å². The van der Waals surface area contributed by atoms with Crippen LogP contribution >= 0.6 is 0 Å². The number of aliphatic hydroxyl groups is 2. The molecule has 2 unspecified atom stereocenters. The molecule has 0 aliphatic rings. The zero-order chi connectivity index (χ0) is 50.6. The Morgan fingerprint density at radius 2 is 0.643 bits per heavy atom. The molecule has 0 rings (SSSR count). The fourth-order valence-corrected chi connectivity index (χ4v) is 8.95. The van der Waals surface area contributed by atoms with Gasteiger partial charge in [-0.15, -0.1) is 0 Å². The molecule has 4 heteroatoms. The van der Waals surface area contributed by atoms with Crippen molar-refractivity contribution in [3.05, 3.63) is 97.2 Å². The molecule has 3 N–H and O–H groups in total. The molecule has 1 amide bonds. The van der Waals surface area contributed by atoms with E-state index in [9.17, 15) is 15.0 Å². The zero-order valence-electron chi connectivity index (χ0n) is 46.5. The molecule has 70 heavy (non-hydrogen) atoms. The van der Waals surface area contributed by atoms with Crippen LogP contribution in [0.15, 0.2) is 97.2 Å². The van der Waals surface area contributed by atoms with Gasteiger partial charge in [-0.1, -0.05) is 297 Å². The molecule has 0 aromatic rings. The normalized spacial score (nSPS) is 13.5. The van der Waals surface area contributed by atoms with Crippen LogP contribution in [-0.2, 0) is 4.79 Å². The van der Waals surface area contributed by atoms with E-state index in [1.54, 1.807) is 6.08 Å². The van der Waals surface area contributed by atoms with E-state index in [0.29, 0.717) is 6.42 Å². The highest BCUT2D eigenvalue weighted by Gasteiger charge is 2.18. The van der Waals surface area contributed by atoms with Crippen LogP contribution < -0.4 is 5.32 Å². The number of hydrogen-bond acceptors (Lipinski definition) is 3. The van der Waals surface area contributed by atoms with Gasteiger partial charge in [0.1, 0.15) is 0 Å². The average molecular weight is 973 g/mol. The van der Waals surface area contributed by atoms with E-state index in [2.05, 4.69) is 104 Å². The second kappa shape index (κ2) is 60.6. The van der Waals surface area contributed by atoms with Gasteiger partial charge in [0, 0.05) is 6.42 Å². The summed E-state index contributed by atoms with van der Waals surface area (Å²) in [5, 5.41) is 23.2. The van der Waals surface area contributed by atoms with E-state index in [1.807, 2.05) is 6.08 Å². The van der Waals surface area contributed by atoms with Crippen LogP contribution in [-0.4, -0.2) is 34.9 Å². The monoisotopic (exact) mass is 972 g/mol. The van der Waals surface area contributed by atoms with Gasteiger partial charge in [0.2, 0.25) is 5.91 Å². The molecule has 0 radical (unpaired) electrons. The second-order valence-electron chi connectivity index (χ2n) is 20.4. The number of unbranched alkanes of at least 4 members (excludes halogenated alkanes) is 34. The maximum atomic E-state index is 12.5. The average Bonchev–Trinajstić information content (AvgIpc) is 3.36. The van der Waals surface area contributed by atoms with Crippen molar-refractivity contribution in [2.24, 2.45) is 0 Å². The van der Waals surface area contributed by atoms with E-state index in [0.717, 1.165) is 70.6 Å². The number of nitrogens with one attached hydrogen (secondary N) is 1. The molecule has 0 bridgehead atoms. The SMILES string of the molecule is CC/C=C\C/C=C\C/C=C\C/C=C\C/C=C\CCCCCCCCCCCCCCCCCCCCCC(=O)NC(CO)C(O)/C=C/CC/C=C/CC/C=C/CCCCCCCCCCCCCCC. The number of carbonyl (C=O) groups excluding carboxylic acids is 1. The highest BCUT2D eigenvalue weighted by Crippen LogP contribution is 2.17. The lowest BCUT2D eigenvalue weighted by atomic mass is 10.0. The Morgan fingerprint density at radius 3 is 1.00 bits per heavy atom. The van der Waals surface area contributed by atoms with Gasteiger partial charge < -0.3 is 15.5 Å². The molecule has 0 aromatic heterocycles. The van der Waals surface area contributed by atoms with Gasteiger partial charge in [0.15, 0.2) is 0 Å². The fourth-order valence-electron chi connectivity index (χ4n) is 8.95. The maximum Gasteiger partial charge on any atom is 0.220 e. The quantitative estimate of drug-likeness (QED) is 0.0420. The Labute approximate surface area is 436 Å². The van der Waals surface area contributed by atoms with E-state index < -0.39 is 12.1 Å². The Kier molecular flexibility index (Phi) is 58.3. The lowest BCUT2D eigenvalue weighted by molar-refractivity contribution is -0.123. The van der Waals surface area contributed by atoms with Crippen molar-refractivity contribution >= 4 is 5.91 Å². The minimum Gasteiger partial charge on any atom is -0.394 e. The first kappa shape index (κ1) is 67.3. The van der Waals surface area contributed by atoms with Crippen molar-refractivity contribution in [2.45, 2.75) is 309 Å². The Bertz CT molecular complexity index is 1290. The summed E-state index contributed by atoms with van der Waals surface area (Å²) in [4.78, 5) is 12.5. The molecular formula is C66H117NO3. The minimum atomic E-state index is -0.875. The predicted molar refractivity (Wildman–Crippen MR) is 313 cm³/mol. The third-order valence-electron chi connectivity index (χ3n) is 13.5. The first-order valence-corrected chi connectivity index (χ1v) is 30.5. The van der Waals surface area contributed by atoms with Crippen molar-refractivity contribution in [3.8, 4) is 0 Å². The largest absolute Gasteiger partial charge is 0.394 e. The van der Waals surface area contributed by atoms with E-state index in [4.69, 9.17) is 0 Å². The van der Waals surface area contributed by atoms with Gasteiger partial charge in [-0.2, -0.15) is 0 Å². The number of carbonyl (C=O) groups is 1. The van der Waals surface area contributed by atoms with Crippen LogP contribution in [0.2, 0.25) is 0 Å². The summed E-state index contributed by atoms with van der Waals surface area (Å²) in [6.45, 7) is 4.20. The Hall–Kier alpha value is -2.69. The smallest absolute Gasteiger partial charge is 0.220 e. The Balaban J connectivity index is 3.53. The first-order valence-electron chi connectivity index (χ1n) is 30.5. The first-order chi connectivity index (χ1) is 34.7. The van der Waals surface area contributed by atoms with Gasteiger partial charge in [-0.05, 0) is 89.9 Å². The standard InChI is InChI=1S/C66H117NO3/c1-3-5-7-9-11-13-15-17-19-21-23-25-27-28-29-30-31-32-33-34-35-36-37-38-40-42-44-46-48-50-52-54-56-58-60-62-66(70)67-64(63-68)65(69)61-59-57-55-53-51-49-47-45-43-41-39-26-24-22-20-18-16-14-12-10-8-6-4-2/h5,7,11,13,17,19,23,25,28-29,43,45,51,53,59,61,64-65,68-69H,3-4,6,8-10,12,14-16,18,20-22,24,26-27,30-42,44,46-50,52,54-58,60,62-63H2,1-2H3,(H,67,70)/b7-5-,13-11-,19-17-,25-23-,29-28-,45-43+,53-51+,61-59+. The van der Waals surface area contributed by atoms with Crippen LogP contribution in [0.1, 0.15) is 296 Å². The van der Waals surface area contributed by atoms with Crippen molar-refractivity contribution < 1.29 is 15.0 Å². The Morgan fingerprint density at radius 1 is 0.357 bits per heavy atom. The summed E-state index contributed by atoms with van der Waals surface area (Å²) < 4.78 is 0. The second-order valence-corrected chi connectivity index (χ2v) is 20.4. The molecule has 0 heterocycles. The molecule has 0 aliphatic carbocycles. The summed E-state index contributed by atoms with van der Waals surface area (Å²) >= 11 is 0. The van der Waals surface area contributed by atoms with Crippen molar-refractivity contribution in [1.82, 2.24) is 5.32 Å². The molecule has 404 valence electrons. The van der Waals surface area contributed by atoms with Gasteiger partial charge in [0.05, 0.1) is 18.8 Å². The molecule has 0 fully saturated rings. The van der Waals surface area contributed by atoms with Crippen LogP contribution in [0.25, 0.3) is 0 Å². The van der Waals surface area contributed by atoms with Crippen LogP contribution in [0.3, 0.4) is 0 Å². The lowest BCUT2D eigenvalue weighted by Crippen LogP contribution is -2.45. The van der Waals surface area contributed by atoms with Crippen LogP contribution in [0.4, 0.5) is 0 Å². The van der Waals surface area contributed by atoms with E-state index in [-0.39, 0.29) is 12.5 Å². The number of allylic oxidation sites excluding steroid dienone is 15.